The highest BCUT2D eigenvalue weighted by atomic mass is 32.2. The minimum absolute atomic E-state index is 0.00247. The number of hydrogen-bond acceptors (Lipinski definition) is 4. The van der Waals surface area contributed by atoms with Crippen LogP contribution in [0.25, 0.3) is 0 Å². The normalized spacial score (nSPS) is 26.9. The number of carbonyl (C=O) groups excluding carboxylic acids is 2. The maximum absolute atomic E-state index is 11.9. The molecule has 0 aromatic heterocycles. The molecule has 19 heavy (non-hydrogen) atoms. The van der Waals surface area contributed by atoms with E-state index in [1.54, 1.807) is 0 Å². The molecule has 1 rings (SSSR count). The van der Waals surface area contributed by atoms with Crippen molar-refractivity contribution in [3.63, 3.8) is 0 Å². The van der Waals surface area contributed by atoms with Crippen molar-refractivity contribution < 1.29 is 14.7 Å². The Morgan fingerprint density at radius 2 is 2.26 bits per heavy atom. The van der Waals surface area contributed by atoms with Crippen molar-refractivity contribution in [2.24, 2.45) is 11.7 Å². The van der Waals surface area contributed by atoms with Crippen LogP contribution in [0.1, 0.15) is 39.0 Å². The minimum atomic E-state index is -0.441. The Bertz CT molecular complexity index is 325. The molecule has 0 aromatic rings. The van der Waals surface area contributed by atoms with Gasteiger partial charge in [-0.2, -0.15) is 11.8 Å². The molecular weight excluding hydrogens is 264 g/mol. The first-order valence-corrected chi connectivity index (χ1v) is 7.91. The van der Waals surface area contributed by atoms with E-state index in [2.05, 4.69) is 12.2 Å². The van der Waals surface area contributed by atoms with Crippen LogP contribution in [0, 0.1) is 5.92 Å². The van der Waals surface area contributed by atoms with Gasteiger partial charge in [0.1, 0.15) is 0 Å². The maximum atomic E-state index is 11.9. The fraction of sp³-hybridized carbons (Fsp3) is 0.846. The lowest BCUT2D eigenvalue weighted by molar-refractivity contribution is -0.124. The summed E-state index contributed by atoms with van der Waals surface area (Å²) in [6.45, 7) is 2.15. The Kier molecular flexibility index (Phi) is 6.65. The van der Waals surface area contributed by atoms with Gasteiger partial charge in [0.05, 0.1) is 17.9 Å². The molecule has 1 fully saturated rings. The molecule has 0 aliphatic heterocycles. The first-order chi connectivity index (χ1) is 8.97. The summed E-state index contributed by atoms with van der Waals surface area (Å²) in [5.74, 6) is 0.935. The minimum Gasteiger partial charge on any atom is -0.394 e. The predicted octanol–water partition coefficient (Wildman–Crippen LogP) is 0.652. The summed E-state index contributed by atoms with van der Waals surface area (Å²) in [5.41, 5.74) is 4.58. The Morgan fingerprint density at radius 3 is 2.84 bits per heavy atom. The fourth-order valence-electron chi connectivity index (χ4n) is 2.65. The lowest BCUT2D eigenvalue weighted by atomic mass is 9.77. The van der Waals surface area contributed by atoms with Crippen LogP contribution in [0.2, 0.25) is 0 Å². The van der Waals surface area contributed by atoms with Crippen molar-refractivity contribution in [3.05, 3.63) is 0 Å². The molecule has 0 saturated heterocycles. The highest BCUT2D eigenvalue weighted by Gasteiger charge is 2.35. The first kappa shape index (κ1) is 16.3. The quantitative estimate of drug-likeness (QED) is 0.600. The molecule has 110 valence electrons. The van der Waals surface area contributed by atoms with E-state index in [1.807, 2.05) is 0 Å². The number of rotatable bonds is 7. The third kappa shape index (κ3) is 5.82. The van der Waals surface area contributed by atoms with Gasteiger partial charge in [-0.15, -0.1) is 0 Å². The van der Waals surface area contributed by atoms with Gasteiger partial charge in [0.15, 0.2) is 0 Å². The molecule has 1 saturated carbocycles. The van der Waals surface area contributed by atoms with Gasteiger partial charge in [-0.05, 0) is 18.8 Å². The van der Waals surface area contributed by atoms with Gasteiger partial charge >= 0.3 is 0 Å². The molecule has 2 unspecified atom stereocenters. The molecule has 2 amide bonds. The summed E-state index contributed by atoms with van der Waals surface area (Å²) in [5, 5.41) is 12.6. The van der Waals surface area contributed by atoms with Crippen molar-refractivity contribution in [1.82, 2.24) is 5.32 Å². The highest BCUT2D eigenvalue weighted by molar-refractivity contribution is 7.99. The summed E-state index contributed by atoms with van der Waals surface area (Å²) in [6, 6.07) is 0. The standard InChI is InChI=1S/C13H24N2O3S/c1-10-3-2-5-13(7-10,9-16)15-12(18)4-6-19-8-11(14)17/h10,16H,2-9H2,1H3,(H2,14,17)(H,15,18). The van der Waals surface area contributed by atoms with Crippen LogP contribution >= 0.6 is 11.8 Å². The number of carbonyl (C=O) groups is 2. The van der Waals surface area contributed by atoms with E-state index in [9.17, 15) is 14.7 Å². The van der Waals surface area contributed by atoms with Crippen LogP contribution in [0.3, 0.4) is 0 Å². The smallest absolute Gasteiger partial charge is 0.227 e. The van der Waals surface area contributed by atoms with Gasteiger partial charge in [0, 0.05) is 12.2 Å². The third-order valence-electron chi connectivity index (χ3n) is 3.52. The largest absolute Gasteiger partial charge is 0.394 e. The second-order valence-corrected chi connectivity index (χ2v) is 6.56. The number of aliphatic hydroxyl groups excluding tert-OH is 1. The molecule has 0 bridgehead atoms. The summed E-state index contributed by atoms with van der Waals surface area (Å²) in [6.07, 6.45) is 4.23. The number of amides is 2. The summed E-state index contributed by atoms with van der Waals surface area (Å²) >= 11 is 1.36. The summed E-state index contributed by atoms with van der Waals surface area (Å²) in [7, 11) is 0. The van der Waals surface area contributed by atoms with E-state index in [1.165, 1.54) is 11.8 Å². The first-order valence-electron chi connectivity index (χ1n) is 6.75. The number of thioether (sulfide) groups is 1. The summed E-state index contributed by atoms with van der Waals surface area (Å²) in [4.78, 5) is 22.4. The molecule has 1 aliphatic carbocycles. The van der Waals surface area contributed by atoms with E-state index >= 15 is 0 Å². The monoisotopic (exact) mass is 288 g/mol. The summed E-state index contributed by atoms with van der Waals surface area (Å²) < 4.78 is 0. The molecule has 0 heterocycles. The van der Waals surface area contributed by atoms with Crippen molar-refractivity contribution >= 4 is 23.6 Å². The average Bonchev–Trinajstić information content (AvgIpc) is 2.34. The van der Waals surface area contributed by atoms with Crippen LogP contribution in [-0.4, -0.2) is 40.6 Å². The molecule has 0 radical (unpaired) electrons. The van der Waals surface area contributed by atoms with Crippen LogP contribution in [0.5, 0.6) is 0 Å². The molecule has 0 aromatic carbocycles. The van der Waals surface area contributed by atoms with Crippen LogP contribution < -0.4 is 11.1 Å². The third-order valence-corrected chi connectivity index (χ3v) is 4.50. The van der Waals surface area contributed by atoms with Crippen LogP contribution in [-0.2, 0) is 9.59 Å². The van der Waals surface area contributed by atoms with Crippen molar-refractivity contribution in [3.8, 4) is 0 Å². The van der Waals surface area contributed by atoms with Gasteiger partial charge in [0.2, 0.25) is 11.8 Å². The van der Waals surface area contributed by atoms with Gasteiger partial charge in [0.25, 0.3) is 0 Å². The molecule has 4 N–H and O–H groups in total. The van der Waals surface area contributed by atoms with Crippen molar-refractivity contribution in [2.45, 2.75) is 44.6 Å². The van der Waals surface area contributed by atoms with Crippen LogP contribution in [0.4, 0.5) is 0 Å². The Hall–Kier alpha value is -0.750. The van der Waals surface area contributed by atoms with Gasteiger partial charge in [-0.25, -0.2) is 0 Å². The molecule has 6 heteroatoms. The molecule has 0 spiro atoms. The Balaban J connectivity index is 2.34. The lowest BCUT2D eigenvalue weighted by Crippen LogP contribution is -2.53. The molecular formula is C13H24N2O3S. The van der Waals surface area contributed by atoms with Crippen LogP contribution in [0.15, 0.2) is 0 Å². The fourth-order valence-corrected chi connectivity index (χ4v) is 3.33. The maximum Gasteiger partial charge on any atom is 0.227 e. The number of nitrogens with two attached hydrogens (primary N) is 1. The lowest BCUT2D eigenvalue weighted by Gasteiger charge is -2.39. The molecule has 2 atom stereocenters. The predicted molar refractivity (Wildman–Crippen MR) is 76.7 cm³/mol. The van der Waals surface area contributed by atoms with Gasteiger partial charge in [-0.1, -0.05) is 19.8 Å². The topological polar surface area (TPSA) is 92.4 Å². The highest BCUT2D eigenvalue weighted by Crippen LogP contribution is 2.32. The average molecular weight is 288 g/mol. The van der Waals surface area contributed by atoms with E-state index in [4.69, 9.17) is 5.73 Å². The van der Waals surface area contributed by atoms with E-state index in [-0.39, 0.29) is 24.2 Å². The number of primary amides is 1. The zero-order valence-electron chi connectivity index (χ0n) is 11.5. The van der Waals surface area contributed by atoms with E-state index in [0.29, 0.717) is 18.1 Å². The number of nitrogens with one attached hydrogen (secondary N) is 1. The SMILES string of the molecule is CC1CCCC(CO)(NC(=O)CCSCC(N)=O)C1. The van der Waals surface area contributed by atoms with Gasteiger partial charge < -0.3 is 16.2 Å². The Labute approximate surface area is 118 Å². The Morgan fingerprint density at radius 1 is 1.53 bits per heavy atom. The van der Waals surface area contributed by atoms with E-state index in [0.717, 1.165) is 25.7 Å². The number of aliphatic hydroxyl groups is 1. The second kappa shape index (κ2) is 7.75. The zero-order valence-corrected chi connectivity index (χ0v) is 12.3. The second-order valence-electron chi connectivity index (χ2n) is 5.46. The van der Waals surface area contributed by atoms with Gasteiger partial charge in [-0.3, -0.25) is 9.59 Å². The number of hydrogen-bond donors (Lipinski definition) is 3. The molecule has 1 aliphatic rings. The zero-order chi connectivity index (χ0) is 14.3. The molecule has 5 nitrogen and oxygen atoms in total. The van der Waals surface area contributed by atoms with Crippen molar-refractivity contribution in [1.29, 1.82) is 0 Å². The van der Waals surface area contributed by atoms with E-state index < -0.39 is 5.54 Å². The van der Waals surface area contributed by atoms with Crippen molar-refractivity contribution in [2.75, 3.05) is 18.1 Å².